The number of hydrazine groups is 1. The van der Waals surface area contributed by atoms with E-state index < -0.39 is 5.91 Å². The van der Waals surface area contributed by atoms with Crippen LogP contribution in [0.15, 0.2) is 35.5 Å². The Balaban J connectivity index is 1.91. The molecule has 0 saturated heterocycles. The molecule has 0 aromatic heterocycles. The lowest BCUT2D eigenvalue weighted by Crippen LogP contribution is -2.45. The first-order valence-electron chi connectivity index (χ1n) is 8.94. The molecule has 0 fully saturated rings. The number of hydrogen-bond acceptors (Lipinski definition) is 5. The molecule has 3 N–H and O–H groups in total. The number of carbonyl (C=O) groups excluding carboxylic acids is 1. The summed E-state index contributed by atoms with van der Waals surface area (Å²) in [7, 11) is 0. The van der Waals surface area contributed by atoms with Gasteiger partial charge in [0.05, 0.1) is 0 Å². The van der Waals surface area contributed by atoms with Gasteiger partial charge in [-0.15, -0.1) is 4.91 Å². The van der Waals surface area contributed by atoms with Gasteiger partial charge in [0, 0.05) is 10.7 Å². The molecule has 7 nitrogen and oxygen atoms in total. The zero-order chi connectivity index (χ0) is 21.6. The zero-order valence-corrected chi connectivity index (χ0v) is 18.2. The Morgan fingerprint density at radius 1 is 1.17 bits per heavy atom. The number of thiocarbonyl (C=S) groups is 1. The lowest BCUT2D eigenvalue weighted by Gasteiger charge is -2.16. The number of nitrogens with one attached hydrogen (secondary N) is 3. The van der Waals surface area contributed by atoms with Crippen molar-refractivity contribution in [1.82, 2.24) is 10.9 Å². The number of hydrogen-bond donors (Lipinski definition) is 3. The SMILES string of the molecule is Cc1cc(OCC(=O)NNC(=S)Nc2cc(Cl)ccc2C)c(C(C)C)cc1N=O. The lowest BCUT2D eigenvalue weighted by atomic mass is 9.99. The Hall–Kier alpha value is -2.71. The van der Waals surface area contributed by atoms with Crippen LogP contribution in [0.3, 0.4) is 0 Å². The highest BCUT2D eigenvalue weighted by Crippen LogP contribution is 2.33. The summed E-state index contributed by atoms with van der Waals surface area (Å²) in [5, 5.41) is 6.77. The Morgan fingerprint density at radius 2 is 1.90 bits per heavy atom. The summed E-state index contributed by atoms with van der Waals surface area (Å²) in [5.41, 5.74) is 8.64. The minimum absolute atomic E-state index is 0.102. The molecule has 2 aromatic rings. The van der Waals surface area contributed by atoms with Gasteiger partial charge < -0.3 is 10.1 Å². The van der Waals surface area contributed by atoms with Crippen LogP contribution in [0.1, 0.15) is 36.5 Å². The molecule has 0 bridgehead atoms. The van der Waals surface area contributed by atoms with E-state index in [2.05, 4.69) is 21.3 Å². The van der Waals surface area contributed by atoms with E-state index in [1.54, 1.807) is 31.2 Å². The fraction of sp³-hybridized carbons (Fsp3) is 0.300. The molecule has 0 radical (unpaired) electrons. The molecule has 2 aromatic carbocycles. The van der Waals surface area contributed by atoms with E-state index in [-0.39, 0.29) is 17.6 Å². The lowest BCUT2D eigenvalue weighted by molar-refractivity contribution is -0.123. The summed E-state index contributed by atoms with van der Waals surface area (Å²) in [6.07, 6.45) is 0. The van der Waals surface area contributed by atoms with Crippen molar-refractivity contribution in [3.05, 3.63) is 57.0 Å². The molecule has 0 spiro atoms. The zero-order valence-electron chi connectivity index (χ0n) is 16.6. The van der Waals surface area contributed by atoms with Crippen molar-refractivity contribution in [2.45, 2.75) is 33.6 Å². The molecule has 0 atom stereocenters. The molecule has 0 unspecified atom stereocenters. The molecule has 9 heteroatoms. The Labute approximate surface area is 180 Å². The highest BCUT2D eigenvalue weighted by Gasteiger charge is 2.14. The minimum Gasteiger partial charge on any atom is -0.483 e. The van der Waals surface area contributed by atoms with E-state index in [1.165, 1.54) is 0 Å². The van der Waals surface area contributed by atoms with E-state index >= 15 is 0 Å². The van der Waals surface area contributed by atoms with Crippen molar-refractivity contribution < 1.29 is 9.53 Å². The van der Waals surface area contributed by atoms with Gasteiger partial charge in [-0.25, -0.2) is 0 Å². The van der Waals surface area contributed by atoms with E-state index in [0.717, 1.165) is 16.8 Å². The van der Waals surface area contributed by atoms with Crippen LogP contribution in [0.2, 0.25) is 5.02 Å². The number of nitroso groups, excluding NO2 is 1. The largest absolute Gasteiger partial charge is 0.483 e. The number of aryl methyl sites for hydroxylation is 2. The second-order valence-electron chi connectivity index (χ2n) is 6.80. The van der Waals surface area contributed by atoms with E-state index in [1.807, 2.05) is 26.8 Å². The summed E-state index contributed by atoms with van der Waals surface area (Å²) < 4.78 is 5.65. The molecule has 0 aliphatic rings. The average Bonchev–Trinajstić information content (AvgIpc) is 2.67. The average molecular weight is 435 g/mol. The topological polar surface area (TPSA) is 91.8 Å². The van der Waals surface area contributed by atoms with Crippen molar-refractivity contribution in [1.29, 1.82) is 0 Å². The van der Waals surface area contributed by atoms with Gasteiger partial charge in [0.25, 0.3) is 5.91 Å². The van der Waals surface area contributed by atoms with Crippen molar-refractivity contribution in [2.75, 3.05) is 11.9 Å². The third kappa shape index (κ3) is 6.40. The molecule has 154 valence electrons. The Kier molecular flexibility index (Phi) is 7.92. The Morgan fingerprint density at radius 3 is 2.55 bits per heavy atom. The molecule has 0 heterocycles. The van der Waals surface area contributed by atoms with Crippen molar-refractivity contribution >= 4 is 46.2 Å². The van der Waals surface area contributed by atoms with Gasteiger partial charge in [0.2, 0.25) is 0 Å². The van der Waals surface area contributed by atoms with E-state index in [0.29, 0.717) is 22.0 Å². The highest BCUT2D eigenvalue weighted by atomic mass is 35.5. The van der Waals surface area contributed by atoms with Crippen LogP contribution < -0.4 is 20.9 Å². The number of amides is 1. The van der Waals surface area contributed by atoms with Crippen LogP contribution in [0.4, 0.5) is 11.4 Å². The smallest absolute Gasteiger partial charge is 0.276 e. The van der Waals surface area contributed by atoms with Crippen molar-refractivity contribution in [3.8, 4) is 5.75 Å². The fourth-order valence-corrected chi connectivity index (χ4v) is 2.88. The van der Waals surface area contributed by atoms with Crippen LogP contribution in [-0.4, -0.2) is 17.6 Å². The predicted molar refractivity (Wildman–Crippen MR) is 120 cm³/mol. The fourth-order valence-electron chi connectivity index (χ4n) is 2.55. The van der Waals surface area contributed by atoms with Crippen LogP contribution in [0.25, 0.3) is 0 Å². The molecule has 0 aliphatic carbocycles. The summed E-state index contributed by atoms with van der Waals surface area (Å²) in [5.74, 6) is 0.224. The molecular weight excluding hydrogens is 412 g/mol. The molecular formula is C20H23ClN4O3S. The third-order valence-corrected chi connectivity index (χ3v) is 4.61. The summed E-state index contributed by atoms with van der Waals surface area (Å²) in [4.78, 5) is 23.0. The predicted octanol–water partition coefficient (Wildman–Crippen LogP) is 4.87. The number of nitrogens with zero attached hydrogens (tertiary/aromatic N) is 1. The number of carbonyl (C=O) groups is 1. The molecule has 0 saturated carbocycles. The Bertz CT molecular complexity index is 934. The van der Waals surface area contributed by atoms with Crippen LogP contribution in [0.5, 0.6) is 5.75 Å². The van der Waals surface area contributed by atoms with E-state index in [4.69, 9.17) is 28.6 Å². The molecule has 0 aliphatic heterocycles. The van der Waals surface area contributed by atoms with Crippen LogP contribution >= 0.6 is 23.8 Å². The third-order valence-electron chi connectivity index (χ3n) is 4.17. The van der Waals surface area contributed by atoms with Gasteiger partial charge in [-0.1, -0.05) is 31.5 Å². The van der Waals surface area contributed by atoms with Gasteiger partial charge in [0.1, 0.15) is 11.4 Å². The van der Waals surface area contributed by atoms with Crippen LogP contribution in [-0.2, 0) is 4.79 Å². The van der Waals surface area contributed by atoms with Gasteiger partial charge in [-0.05, 0) is 78.1 Å². The highest BCUT2D eigenvalue weighted by molar-refractivity contribution is 7.80. The maximum Gasteiger partial charge on any atom is 0.276 e. The second kappa shape index (κ2) is 10.2. The van der Waals surface area contributed by atoms with Gasteiger partial charge in [-0.2, -0.15) is 0 Å². The quantitative estimate of drug-likeness (QED) is 0.341. The van der Waals surface area contributed by atoms with Gasteiger partial charge in [0.15, 0.2) is 11.7 Å². The first-order valence-corrected chi connectivity index (χ1v) is 9.72. The normalized spacial score (nSPS) is 10.4. The minimum atomic E-state index is -0.415. The number of anilines is 1. The number of ether oxygens (including phenoxy) is 1. The summed E-state index contributed by atoms with van der Waals surface area (Å²) in [6, 6.07) is 8.77. The van der Waals surface area contributed by atoms with E-state index in [9.17, 15) is 9.70 Å². The first-order chi connectivity index (χ1) is 13.7. The second-order valence-corrected chi connectivity index (χ2v) is 7.64. The molecule has 2 rings (SSSR count). The van der Waals surface area contributed by atoms with Crippen molar-refractivity contribution in [3.63, 3.8) is 0 Å². The number of rotatable bonds is 6. The number of halogens is 1. The molecule has 29 heavy (non-hydrogen) atoms. The first kappa shape index (κ1) is 22.6. The summed E-state index contributed by atoms with van der Waals surface area (Å²) in [6.45, 7) is 7.38. The molecule has 1 amide bonds. The van der Waals surface area contributed by atoms with Crippen molar-refractivity contribution in [2.24, 2.45) is 5.18 Å². The van der Waals surface area contributed by atoms with Crippen LogP contribution in [0, 0.1) is 18.8 Å². The maximum absolute atomic E-state index is 12.1. The standard InChI is InChI=1S/C20H23ClN4O3S/c1-11(2)15-9-17(25-27)13(4)7-18(15)28-10-19(26)23-24-20(29)22-16-8-14(21)6-5-12(16)3/h5-9,11H,10H2,1-4H3,(H,23,26)(H2,22,24,29). The maximum atomic E-state index is 12.1. The monoisotopic (exact) mass is 434 g/mol. The van der Waals surface area contributed by atoms with Gasteiger partial charge >= 0.3 is 0 Å². The van der Waals surface area contributed by atoms with Gasteiger partial charge in [-0.3, -0.25) is 15.6 Å². The summed E-state index contributed by atoms with van der Waals surface area (Å²) >= 11 is 11.2. The number of benzene rings is 2.